The summed E-state index contributed by atoms with van der Waals surface area (Å²) in [7, 11) is 0. The van der Waals surface area contributed by atoms with Crippen molar-refractivity contribution in [3.05, 3.63) is 24.0 Å². The molecule has 1 aliphatic heterocycles. The van der Waals surface area contributed by atoms with E-state index in [0.29, 0.717) is 18.0 Å². The molecule has 7 nitrogen and oxygen atoms in total. The number of likely N-dealkylation sites (tertiary alicyclic amines) is 1. The molecule has 0 unspecified atom stereocenters. The first kappa shape index (κ1) is 17.5. The molecule has 0 spiro atoms. The predicted molar refractivity (Wildman–Crippen MR) is 91.7 cm³/mol. The number of nitrogens with zero attached hydrogens (tertiary/aromatic N) is 2. The van der Waals surface area contributed by atoms with Crippen molar-refractivity contribution < 1.29 is 19.4 Å². The summed E-state index contributed by atoms with van der Waals surface area (Å²) in [6.07, 6.45) is 2.37. The van der Waals surface area contributed by atoms with E-state index in [9.17, 15) is 14.7 Å². The predicted octanol–water partition coefficient (Wildman–Crippen LogP) is 2.52. The summed E-state index contributed by atoms with van der Waals surface area (Å²) in [5, 5.41) is 12.3. The Balaban J connectivity index is 1.69. The van der Waals surface area contributed by atoms with E-state index < -0.39 is 11.6 Å². The molecular weight excluding hydrogens is 322 g/mol. The molecule has 25 heavy (non-hydrogen) atoms. The SMILES string of the molecule is CC(C)(C)[C@]1(C)[C@@H](Oc2ccc(C(=O)NC3CC3)nc2)CN1C(=O)O. The third kappa shape index (κ3) is 3.15. The number of rotatable bonds is 4. The lowest BCUT2D eigenvalue weighted by molar-refractivity contribution is -0.147. The van der Waals surface area contributed by atoms with E-state index in [2.05, 4.69) is 10.3 Å². The highest BCUT2D eigenvalue weighted by Gasteiger charge is 2.60. The summed E-state index contributed by atoms with van der Waals surface area (Å²) in [4.78, 5) is 29.0. The highest BCUT2D eigenvalue weighted by atomic mass is 16.5. The number of nitrogens with one attached hydrogen (secondary N) is 1. The smallest absolute Gasteiger partial charge is 0.408 e. The third-order valence-corrected chi connectivity index (χ3v) is 5.45. The van der Waals surface area contributed by atoms with Crippen LogP contribution in [-0.4, -0.2) is 51.2 Å². The van der Waals surface area contributed by atoms with Gasteiger partial charge in [-0.1, -0.05) is 20.8 Å². The highest BCUT2D eigenvalue weighted by Crippen LogP contribution is 2.46. The Bertz CT molecular complexity index is 679. The summed E-state index contributed by atoms with van der Waals surface area (Å²) in [6, 6.07) is 3.63. The van der Waals surface area contributed by atoms with E-state index >= 15 is 0 Å². The van der Waals surface area contributed by atoms with Gasteiger partial charge in [0.2, 0.25) is 0 Å². The van der Waals surface area contributed by atoms with Crippen molar-refractivity contribution in [1.82, 2.24) is 15.2 Å². The first-order valence-corrected chi connectivity index (χ1v) is 8.57. The summed E-state index contributed by atoms with van der Waals surface area (Å²) >= 11 is 0. The topological polar surface area (TPSA) is 91.8 Å². The van der Waals surface area contributed by atoms with Gasteiger partial charge in [-0.05, 0) is 37.3 Å². The van der Waals surface area contributed by atoms with Crippen molar-refractivity contribution >= 4 is 12.0 Å². The minimum absolute atomic E-state index is 0.172. The molecule has 7 heteroatoms. The second kappa shape index (κ2) is 5.89. The van der Waals surface area contributed by atoms with E-state index in [1.54, 1.807) is 12.1 Å². The zero-order chi connectivity index (χ0) is 18.4. The molecule has 2 fully saturated rings. The standard InChI is InChI=1S/C18H25N3O4/c1-17(2,3)18(4)14(10-21(18)16(23)24)25-12-7-8-13(19-9-12)15(22)20-11-5-6-11/h7-9,11,14H,5-6,10H2,1-4H3,(H,20,22)(H,23,24)/t14-,18-/m0/s1. The second-order valence-electron chi connectivity index (χ2n) is 8.02. The molecular formula is C18H25N3O4. The van der Waals surface area contributed by atoms with Crippen LogP contribution < -0.4 is 10.1 Å². The van der Waals surface area contributed by atoms with Gasteiger partial charge >= 0.3 is 6.09 Å². The normalized spacial score (nSPS) is 25.9. The molecule has 1 saturated carbocycles. The third-order valence-electron chi connectivity index (χ3n) is 5.45. The lowest BCUT2D eigenvalue weighted by atomic mass is 9.65. The average Bonchev–Trinajstić information content (AvgIpc) is 3.33. The van der Waals surface area contributed by atoms with Crippen molar-refractivity contribution in [2.24, 2.45) is 5.41 Å². The average molecular weight is 347 g/mol. The Hall–Kier alpha value is -2.31. The Morgan fingerprint density at radius 2 is 2.04 bits per heavy atom. The molecule has 0 radical (unpaired) electrons. The van der Waals surface area contributed by atoms with E-state index in [4.69, 9.17) is 4.74 Å². The van der Waals surface area contributed by atoms with Crippen molar-refractivity contribution in [3.8, 4) is 5.75 Å². The lowest BCUT2D eigenvalue weighted by Crippen LogP contribution is -2.77. The first-order chi connectivity index (χ1) is 11.6. The number of ether oxygens (including phenoxy) is 1. The van der Waals surface area contributed by atoms with Crippen LogP contribution in [0.15, 0.2) is 18.3 Å². The van der Waals surface area contributed by atoms with Crippen LogP contribution in [0.1, 0.15) is 51.0 Å². The molecule has 0 bridgehead atoms. The Morgan fingerprint density at radius 3 is 2.52 bits per heavy atom. The molecule has 1 aliphatic carbocycles. The van der Waals surface area contributed by atoms with Crippen molar-refractivity contribution in [2.75, 3.05) is 6.54 Å². The van der Waals surface area contributed by atoms with Crippen LogP contribution in [0.25, 0.3) is 0 Å². The Kier molecular flexibility index (Phi) is 4.13. The van der Waals surface area contributed by atoms with Crippen LogP contribution in [-0.2, 0) is 0 Å². The number of hydrogen-bond acceptors (Lipinski definition) is 4. The minimum Gasteiger partial charge on any atom is -0.484 e. The number of hydrogen-bond donors (Lipinski definition) is 2. The van der Waals surface area contributed by atoms with Crippen LogP contribution in [0.2, 0.25) is 0 Å². The molecule has 2 amide bonds. The number of carboxylic acid groups (broad SMARTS) is 1. The largest absolute Gasteiger partial charge is 0.484 e. The van der Waals surface area contributed by atoms with Gasteiger partial charge in [-0.25, -0.2) is 9.78 Å². The first-order valence-electron chi connectivity index (χ1n) is 8.57. The minimum atomic E-state index is -0.942. The van der Waals surface area contributed by atoms with Gasteiger partial charge < -0.3 is 15.2 Å². The quantitative estimate of drug-likeness (QED) is 0.873. The number of amides is 2. The highest BCUT2D eigenvalue weighted by molar-refractivity contribution is 5.92. The van der Waals surface area contributed by atoms with Gasteiger partial charge in [0.1, 0.15) is 17.5 Å². The molecule has 1 aromatic rings. The van der Waals surface area contributed by atoms with Crippen molar-refractivity contribution in [1.29, 1.82) is 0 Å². The fourth-order valence-corrected chi connectivity index (χ4v) is 3.15. The van der Waals surface area contributed by atoms with E-state index in [0.717, 1.165) is 12.8 Å². The summed E-state index contributed by atoms with van der Waals surface area (Å²) in [5.41, 5.74) is -0.564. The van der Waals surface area contributed by atoms with Gasteiger partial charge in [-0.15, -0.1) is 0 Å². The van der Waals surface area contributed by atoms with Gasteiger partial charge in [0, 0.05) is 6.04 Å². The summed E-state index contributed by atoms with van der Waals surface area (Å²) in [6.45, 7) is 8.22. The number of aromatic nitrogens is 1. The van der Waals surface area contributed by atoms with Gasteiger partial charge in [-0.2, -0.15) is 0 Å². The molecule has 3 rings (SSSR count). The van der Waals surface area contributed by atoms with Crippen LogP contribution in [0, 0.1) is 5.41 Å². The van der Waals surface area contributed by atoms with Crippen molar-refractivity contribution in [2.45, 2.75) is 58.2 Å². The van der Waals surface area contributed by atoms with Gasteiger partial charge in [0.15, 0.2) is 0 Å². The molecule has 1 aromatic heterocycles. The molecule has 0 aromatic carbocycles. The van der Waals surface area contributed by atoms with Crippen LogP contribution in [0.5, 0.6) is 5.75 Å². The van der Waals surface area contributed by atoms with Crippen molar-refractivity contribution in [3.63, 3.8) is 0 Å². The summed E-state index contributed by atoms with van der Waals surface area (Å²) < 4.78 is 6.00. The second-order valence-corrected chi connectivity index (χ2v) is 8.02. The van der Waals surface area contributed by atoms with E-state index in [-0.39, 0.29) is 23.5 Å². The zero-order valence-electron chi connectivity index (χ0n) is 15.1. The maximum atomic E-state index is 12.0. The van der Waals surface area contributed by atoms with E-state index in [1.165, 1.54) is 11.1 Å². The summed E-state index contributed by atoms with van der Waals surface area (Å²) in [5.74, 6) is 0.364. The molecule has 2 heterocycles. The zero-order valence-corrected chi connectivity index (χ0v) is 15.1. The van der Waals surface area contributed by atoms with Crippen LogP contribution in [0.3, 0.4) is 0 Å². The van der Waals surface area contributed by atoms with E-state index in [1.807, 2.05) is 27.7 Å². The maximum Gasteiger partial charge on any atom is 0.408 e. The van der Waals surface area contributed by atoms with Crippen LogP contribution >= 0.6 is 0 Å². The van der Waals surface area contributed by atoms with Gasteiger partial charge in [0.25, 0.3) is 5.91 Å². The van der Waals surface area contributed by atoms with Gasteiger partial charge in [-0.3, -0.25) is 9.69 Å². The molecule has 136 valence electrons. The fourth-order valence-electron chi connectivity index (χ4n) is 3.15. The molecule has 2 N–H and O–H groups in total. The maximum absolute atomic E-state index is 12.0. The molecule has 2 aliphatic rings. The van der Waals surface area contributed by atoms with Gasteiger partial charge in [0.05, 0.1) is 18.3 Å². The Morgan fingerprint density at radius 1 is 1.36 bits per heavy atom. The Labute approximate surface area is 147 Å². The monoisotopic (exact) mass is 347 g/mol. The fraction of sp³-hybridized carbons (Fsp3) is 0.611. The number of carbonyl (C=O) groups excluding carboxylic acids is 1. The molecule has 1 saturated heterocycles. The number of pyridine rings is 1. The van der Waals surface area contributed by atoms with Crippen LogP contribution in [0.4, 0.5) is 4.79 Å². The number of carbonyl (C=O) groups is 2. The molecule has 2 atom stereocenters. The lowest BCUT2D eigenvalue weighted by Gasteiger charge is -2.60.